The van der Waals surface area contributed by atoms with Crippen LogP contribution in [0.5, 0.6) is 5.75 Å². The van der Waals surface area contributed by atoms with Gasteiger partial charge in [-0.2, -0.15) is 0 Å². The lowest BCUT2D eigenvalue weighted by molar-refractivity contribution is 0.0698. The van der Waals surface area contributed by atoms with Gasteiger partial charge in [0.2, 0.25) is 0 Å². The zero-order chi connectivity index (χ0) is 10.0. The number of ether oxygens (including phenoxy) is 1. The van der Waals surface area contributed by atoms with Crippen molar-refractivity contribution >= 4 is 27.6 Å². The van der Waals surface area contributed by atoms with E-state index in [0.717, 1.165) is 0 Å². The lowest BCUT2D eigenvalue weighted by Gasteiger charge is -2.07. The van der Waals surface area contributed by atoms with Crippen molar-refractivity contribution in [3.8, 4) is 5.75 Å². The van der Waals surface area contributed by atoms with Crippen LogP contribution in [0.15, 0.2) is 16.6 Å². The van der Waals surface area contributed by atoms with Gasteiger partial charge in [-0.1, -0.05) is 0 Å². The van der Waals surface area contributed by atoms with Crippen molar-refractivity contribution in [1.82, 2.24) is 0 Å². The fourth-order valence-corrected chi connectivity index (χ4v) is 1.42. The van der Waals surface area contributed by atoms with E-state index in [0.29, 0.717) is 10.2 Å². The van der Waals surface area contributed by atoms with Gasteiger partial charge in [-0.15, -0.1) is 0 Å². The van der Waals surface area contributed by atoms with E-state index in [2.05, 4.69) is 15.9 Å². The van der Waals surface area contributed by atoms with E-state index in [9.17, 15) is 4.79 Å². The first kappa shape index (κ1) is 9.85. The van der Waals surface area contributed by atoms with Gasteiger partial charge < -0.3 is 15.6 Å². The first-order valence-electron chi connectivity index (χ1n) is 3.43. The van der Waals surface area contributed by atoms with E-state index < -0.39 is 5.97 Å². The predicted octanol–water partition coefficient (Wildman–Crippen LogP) is 1.74. The maximum absolute atomic E-state index is 10.6. The standard InChI is InChI=1S/C8H8BrNO3/c1-13-5-3-2-4(8(11)12)7(10)6(5)9/h2-3H,10H2,1H3,(H,11,12). The monoisotopic (exact) mass is 245 g/mol. The number of carboxylic acids is 1. The predicted molar refractivity (Wildman–Crippen MR) is 52.1 cm³/mol. The number of carbonyl (C=O) groups is 1. The zero-order valence-corrected chi connectivity index (χ0v) is 8.46. The minimum atomic E-state index is -1.05. The molecule has 0 atom stereocenters. The number of hydrogen-bond acceptors (Lipinski definition) is 3. The molecule has 0 spiro atoms. The molecule has 0 aliphatic carbocycles. The minimum Gasteiger partial charge on any atom is -0.495 e. The highest BCUT2D eigenvalue weighted by Gasteiger charge is 2.13. The van der Waals surface area contributed by atoms with Gasteiger partial charge in [0.25, 0.3) is 0 Å². The third-order valence-corrected chi connectivity index (χ3v) is 2.41. The molecule has 0 radical (unpaired) electrons. The summed E-state index contributed by atoms with van der Waals surface area (Å²) in [6, 6.07) is 2.95. The molecule has 0 bridgehead atoms. The smallest absolute Gasteiger partial charge is 0.337 e. The SMILES string of the molecule is COc1ccc(C(=O)O)c(N)c1Br. The van der Waals surface area contributed by atoms with Crippen molar-refractivity contribution in [3.63, 3.8) is 0 Å². The van der Waals surface area contributed by atoms with Crippen LogP contribution in [0.4, 0.5) is 5.69 Å². The van der Waals surface area contributed by atoms with Gasteiger partial charge in [-0.05, 0) is 28.1 Å². The van der Waals surface area contributed by atoms with Crippen molar-refractivity contribution in [1.29, 1.82) is 0 Å². The van der Waals surface area contributed by atoms with Crippen molar-refractivity contribution in [2.45, 2.75) is 0 Å². The van der Waals surface area contributed by atoms with E-state index >= 15 is 0 Å². The largest absolute Gasteiger partial charge is 0.495 e. The number of benzene rings is 1. The average molecular weight is 246 g/mol. The summed E-state index contributed by atoms with van der Waals surface area (Å²) in [5.41, 5.74) is 5.79. The first-order valence-corrected chi connectivity index (χ1v) is 4.22. The van der Waals surface area contributed by atoms with Gasteiger partial charge in [0.1, 0.15) is 5.75 Å². The lowest BCUT2D eigenvalue weighted by Crippen LogP contribution is -2.03. The molecule has 0 aromatic heterocycles. The second kappa shape index (κ2) is 3.66. The lowest BCUT2D eigenvalue weighted by atomic mass is 10.2. The molecule has 0 unspecified atom stereocenters. The van der Waals surface area contributed by atoms with Crippen LogP contribution in [0.1, 0.15) is 10.4 Å². The van der Waals surface area contributed by atoms with Crippen molar-refractivity contribution in [2.24, 2.45) is 0 Å². The number of nitrogens with two attached hydrogens (primary N) is 1. The molecule has 5 heteroatoms. The highest BCUT2D eigenvalue weighted by Crippen LogP contribution is 2.32. The Hall–Kier alpha value is -1.23. The summed E-state index contributed by atoms with van der Waals surface area (Å²) >= 11 is 3.15. The van der Waals surface area contributed by atoms with Crippen molar-refractivity contribution < 1.29 is 14.6 Å². The molecule has 0 saturated heterocycles. The molecule has 0 aliphatic rings. The average Bonchev–Trinajstić information content (AvgIpc) is 2.09. The van der Waals surface area contributed by atoms with Crippen molar-refractivity contribution in [2.75, 3.05) is 12.8 Å². The number of halogens is 1. The summed E-state index contributed by atoms with van der Waals surface area (Å²) < 4.78 is 5.41. The Morgan fingerprint density at radius 3 is 2.69 bits per heavy atom. The summed E-state index contributed by atoms with van der Waals surface area (Å²) in [6.07, 6.45) is 0. The van der Waals surface area contributed by atoms with Gasteiger partial charge >= 0.3 is 5.97 Å². The second-order valence-electron chi connectivity index (χ2n) is 2.35. The zero-order valence-electron chi connectivity index (χ0n) is 6.87. The maximum atomic E-state index is 10.6. The van der Waals surface area contributed by atoms with Crippen LogP contribution >= 0.6 is 15.9 Å². The van der Waals surface area contributed by atoms with Crippen LogP contribution in [-0.4, -0.2) is 18.2 Å². The van der Waals surface area contributed by atoms with E-state index in [-0.39, 0.29) is 11.3 Å². The third kappa shape index (κ3) is 1.75. The normalized spacial score (nSPS) is 9.69. The van der Waals surface area contributed by atoms with Crippen LogP contribution in [-0.2, 0) is 0 Å². The van der Waals surface area contributed by atoms with Crippen molar-refractivity contribution in [3.05, 3.63) is 22.2 Å². The molecule has 1 aromatic rings. The Labute approximate surface area is 83.4 Å². The minimum absolute atomic E-state index is 0.0627. The summed E-state index contributed by atoms with van der Waals surface area (Å²) in [5, 5.41) is 8.71. The fraction of sp³-hybridized carbons (Fsp3) is 0.125. The number of methoxy groups -OCH3 is 1. The fourth-order valence-electron chi connectivity index (χ4n) is 0.917. The molecule has 0 heterocycles. The molecule has 1 rings (SSSR count). The number of carboxylic acid groups (broad SMARTS) is 1. The molecule has 70 valence electrons. The molecule has 13 heavy (non-hydrogen) atoms. The topological polar surface area (TPSA) is 72.5 Å². The Kier molecular flexibility index (Phi) is 2.77. The Morgan fingerprint density at radius 1 is 1.62 bits per heavy atom. The quantitative estimate of drug-likeness (QED) is 0.779. The third-order valence-electron chi connectivity index (χ3n) is 1.59. The van der Waals surface area contributed by atoms with Crippen LogP contribution in [0.3, 0.4) is 0 Å². The van der Waals surface area contributed by atoms with E-state index in [1.54, 1.807) is 6.07 Å². The summed E-state index contributed by atoms with van der Waals surface area (Å²) in [6.45, 7) is 0. The highest BCUT2D eigenvalue weighted by atomic mass is 79.9. The van der Waals surface area contributed by atoms with Gasteiger partial charge in [0.05, 0.1) is 22.8 Å². The number of hydrogen-bond donors (Lipinski definition) is 2. The molecular formula is C8H8BrNO3. The molecule has 0 saturated carbocycles. The summed E-state index contributed by atoms with van der Waals surface area (Å²) in [7, 11) is 1.49. The van der Waals surface area contributed by atoms with Crippen LogP contribution < -0.4 is 10.5 Å². The Bertz CT molecular complexity index is 351. The van der Waals surface area contributed by atoms with Crippen LogP contribution in [0.2, 0.25) is 0 Å². The number of rotatable bonds is 2. The number of nitrogen functional groups attached to an aromatic ring is 1. The van der Waals surface area contributed by atoms with Gasteiger partial charge in [-0.25, -0.2) is 4.79 Å². The second-order valence-corrected chi connectivity index (χ2v) is 3.14. The molecule has 0 aliphatic heterocycles. The van der Waals surface area contributed by atoms with E-state index in [4.69, 9.17) is 15.6 Å². The summed E-state index contributed by atoms with van der Waals surface area (Å²) in [5.74, 6) is -0.539. The number of aromatic carboxylic acids is 1. The molecule has 0 amide bonds. The van der Waals surface area contributed by atoms with Crippen LogP contribution in [0.25, 0.3) is 0 Å². The first-order chi connectivity index (χ1) is 6.07. The maximum Gasteiger partial charge on any atom is 0.337 e. The highest BCUT2D eigenvalue weighted by molar-refractivity contribution is 9.10. The Balaban J connectivity index is 3.31. The molecule has 0 fully saturated rings. The molecule has 4 nitrogen and oxygen atoms in total. The molecular weight excluding hydrogens is 238 g/mol. The molecule has 3 N–H and O–H groups in total. The van der Waals surface area contributed by atoms with Crippen LogP contribution in [0, 0.1) is 0 Å². The van der Waals surface area contributed by atoms with E-state index in [1.807, 2.05) is 0 Å². The van der Waals surface area contributed by atoms with Gasteiger partial charge in [0.15, 0.2) is 0 Å². The van der Waals surface area contributed by atoms with E-state index in [1.165, 1.54) is 13.2 Å². The van der Waals surface area contributed by atoms with Gasteiger partial charge in [-0.3, -0.25) is 0 Å². The Morgan fingerprint density at radius 2 is 2.23 bits per heavy atom. The summed E-state index contributed by atoms with van der Waals surface area (Å²) in [4.78, 5) is 10.6. The number of anilines is 1. The molecule has 1 aromatic carbocycles. The van der Waals surface area contributed by atoms with Gasteiger partial charge in [0, 0.05) is 0 Å².